The van der Waals surface area contributed by atoms with Crippen molar-refractivity contribution in [3.63, 3.8) is 0 Å². The van der Waals surface area contributed by atoms with Gasteiger partial charge in [-0.05, 0) is 49.2 Å². The quantitative estimate of drug-likeness (QED) is 0.771. The summed E-state index contributed by atoms with van der Waals surface area (Å²) in [6.45, 7) is 2.96. The molecule has 6 nitrogen and oxygen atoms in total. The lowest BCUT2D eigenvalue weighted by Crippen LogP contribution is -2.46. The average molecular weight is 363 g/mol. The Balaban J connectivity index is 1.35. The van der Waals surface area contributed by atoms with Gasteiger partial charge in [-0.2, -0.15) is 0 Å². The van der Waals surface area contributed by atoms with Gasteiger partial charge in [-0.3, -0.25) is 4.79 Å². The molecule has 0 saturated carbocycles. The van der Waals surface area contributed by atoms with Gasteiger partial charge < -0.3 is 19.4 Å². The van der Waals surface area contributed by atoms with Gasteiger partial charge in [-0.1, -0.05) is 12.1 Å². The van der Waals surface area contributed by atoms with Gasteiger partial charge in [0.15, 0.2) is 12.0 Å². The number of piperidine rings is 1. The molecule has 1 N–H and O–H groups in total. The Kier molecular flexibility index (Phi) is 4.05. The molecule has 1 fully saturated rings. The zero-order valence-electron chi connectivity index (χ0n) is 15.0. The van der Waals surface area contributed by atoms with Crippen LogP contribution in [0.15, 0.2) is 47.2 Å². The highest BCUT2D eigenvalue weighted by atomic mass is 16.5. The molecule has 2 aromatic carbocycles. The highest BCUT2D eigenvalue weighted by molar-refractivity contribution is 5.99. The van der Waals surface area contributed by atoms with E-state index in [1.54, 1.807) is 0 Å². The van der Waals surface area contributed by atoms with Crippen LogP contribution in [0.4, 0.5) is 0 Å². The minimum absolute atomic E-state index is 0.119. The molecular weight excluding hydrogens is 342 g/mol. The zero-order valence-corrected chi connectivity index (χ0v) is 15.0. The van der Waals surface area contributed by atoms with E-state index in [4.69, 9.17) is 9.15 Å². The molecule has 0 radical (unpaired) electrons. The van der Waals surface area contributed by atoms with Crippen molar-refractivity contribution in [2.24, 2.45) is 0 Å². The Morgan fingerprint density at radius 2 is 2.26 bits per heavy atom. The summed E-state index contributed by atoms with van der Waals surface area (Å²) in [5.41, 5.74) is 4.37. The number of hydrogen-bond donors (Lipinski definition) is 1. The number of fused-ring (bicyclic) bond motifs is 2. The molecule has 2 aliphatic heterocycles. The minimum Gasteiger partial charge on any atom is -0.489 e. The summed E-state index contributed by atoms with van der Waals surface area (Å²) in [6, 6.07) is 11.9. The van der Waals surface area contributed by atoms with E-state index in [-0.39, 0.29) is 11.9 Å². The summed E-state index contributed by atoms with van der Waals surface area (Å²) in [5, 5.41) is 3.39. The predicted octanol–water partition coefficient (Wildman–Crippen LogP) is 3.11. The van der Waals surface area contributed by atoms with Gasteiger partial charge in [0.2, 0.25) is 0 Å². The predicted molar refractivity (Wildman–Crippen MR) is 101 cm³/mol. The van der Waals surface area contributed by atoms with Crippen LogP contribution < -0.4 is 10.1 Å². The molecule has 1 atom stereocenters. The topological polar surface area (TPSA) is 67.6 Å². The maximum absolute atomic E-state index is 12.9. The first-order valence-corrected chi connectivity index (χ1v) is 9.38. The molecule has 6 heteroatoms. The standard InChI is InChI=1S/C21H21N3O3/c25-21-16-4-1-5-19(17(16)11-24(21)15-3-2-8-22-10-15)26-12-14-6-7-20-18(9-14)23-13-27-20/h1,4-7,9,13,15,22H,2-3,8,10-12H2. The van der Waals surface area contributed by atoms with Crippen LogP contribution in [0.1, 0.15) is 34.3 Å². The van der Waals surface area contributed by atoms with Crippen molar-refractivity contribution in [2.45, 2.75) is 32.0 Å². The fourth-order valence-corrected chi connectivity index (χ4v) is 4.01. The largest absolute Gasteiger partial charge is 0.489 e. The second-order valence-corrected chi connectivity index (χ2v) is 7.16. The number of aromatic nitrogens is 1. The monoisotopic (exact) mass is 363 g/mol. The fraction of sp³-hybridized carbons (Fsp3) is 0.333. The number of hydrogen-bond acceptors (Lipinski definition) is 5. The Bertz CT molecular complexity index is 991. The summed E-state index contributed by atoms with van der Waals surface area (Å²) in [6.07, 6.45) is 3.61. The maximum Gasteiger partial charge on any atom is 0.254 e. The van der Waals surface area contributed by atoms with Gasteiger partial charge in [0.1, 0.15) is 17.9 Å². The molecule has 1 saturated heterocycles. The molecule has 1 aromatic heterocycles. The number of amides is 1. The fourth-order valence-electron chi connectivity index (χ4n) is 4.01. The molecule has 27 heavy (non-hydrogen) atoms. The molecular formula is C21H21N3O3. The molecule has 0 aliphatic carbocycles. The SMILES string of the molecule is O=C1c2cccc(OCc3ccc4ocnc4c3)c2CN1C1CCCNC1. The highest BCUT2D eigenvalue weighted by Gasteiger charge is 2.34. The molecule has 1 amide bonds. The van der Waals surface area contributed by atoms with E-state index in [9.17, 15) is 4.79 Å². The Morgan fingerprint density at radius 1 is 1.30 bits per heavy atom. The molecule has 1 unspecified atom stereocenters. The van der Waals surface area contributed by atoms with Crippen molar-refractivity contribution in [1.82, 2.24) is 15.2 Å². The second-order valence-electron chi connectivity index (χ2n) is 7.16. The lowest BCUT2D eigenvalue weighted by atomic mass is 10.1. The van der Waals surface area contributed by atoms with E-state index in [0.29, 0.717) is 13.2 Å². The summed E-state index contributed by atoms with van der Waals surface area (Å²) in [5.74, 6) is 0.903. The lowest BCUT2D eigenvalue weighted by Gasteiger charge is -2.31. The summed E-state index contributed by atoms with van der Waals surface area (Å²) < 4.78 is 11.4. The van der Waals surface area contributed by atoms with Gasteiger partial charge in [-0.25, -0.2) is 4.98 Å². The van der Waals surface area contributed by atoms with Crippen molar-refractivity contribution >= 4 is 17.0 Å². The van der Waals surface area contributed by atoms with E-state index >= 15 is 0 Å². The first-order valence-electron chi connectivity index (χ1n) is 9.38. The van der Waals surface area contributed by atoms with Crippen LogP contribution in [0.2, 0.25) is 0 Å². The highest BCUT2D eigenvalue weighted by Crippen LogP contribution is 2.33. The van der Waals surface area contributed by atoms with Crippen LogP contribution in [-0.4, -0.2) is 34.9 Å². The molecule has 138 valence electrons. The number of nitrogens with zero attached hydrogens (tertiary/aromatic N) is 2. The van der Waals surface area contributed by atoms with Gasteiger partial charge in [0.25, 0.3) is 5.91 Å². The average Bonchev–Trinajstić information content (AvgIpc) is 3.31. The van der Waals surface area contributed by atoms with Crippen LogP contribution in [0.25, 0.3) is 11.1 Å². The first-order chi connectivity index (χ1) is 13.3. The third kappa shape index (κ3) is 2.96. The second kappa shape index (κ2) is 6.70. The number of oxazole rings is 1. The van der Waals surface area contributed by atoms with E-state index in [1.807, 2.05) is 41.3 Å². The van der Waals surface area contributed by atoms with E-state index in [0.717, 1.165) is 59.5 Å². The number of rotatable bonds is 4. The van der Waals surface area contributed by atoms with E-state index in [1.165, 1.54) is 6.39 Å². The molecule has 2 aliphatic rings. The third-order valence-electron chi connectivity index (χ3n) is 5.45. The zero-order chi connectivity index (χ0) is 18.2. The van der Waals surface area contributed by atoms with Gasteiger partial charge in [-0.15, -0.1) is 0 Å². The summed E-state index contributed by atoms with van der Waals surface area (Å²) in [4.78, 5) is 19.0. The van der Waals surface area contributed by atoms with Gasteiger partial charge in [0, 0.05) is 23.7 Å². The van der Waals surface area contributed by atoms with E-state index < -0.39 is 0 Å². The van der Waals surface area contributed by atoms with Crippen molar-refractivity contribution in [1.29, 1.82) is 0 Å². The normalized spacial score (nSPS) is 19.5. The maximum atomic E-state index is 12.9. The van der Waals surface area contributed by atoms with Crippen LogP contribution in [-0.2, 0) is 13.2 Å². The smallest absolute Gasteiger partial charge is 0.254 e. The Labute approximate surface area is 157 Å². The van der Waals surface area contributed by atoms with Crippen LogP contribution in [0, 0.1) is 0 Å². The van der Waals surface area contributed by atoms with Crippen molar-refractivity contribution < 1.29 is 13.9 Å². The van der Waals surface area contributed by atoms with Crippen LogP contribution in [0.3, 0.4) is 0 Å². The van der Waals surface area contributed by atoms with Crippen molar-refractivity contribution in [2.75, 3.05) is 13.1 Å². The van der Waals surface area contributed by atoms with Gasteiger partial charge in [0.05, 0.1) is 6.54 Å². The minimum atomic E-state index is 0.119. The third-order valence-corrected chi connectivity index (χ3v) is 5.45. The summed E-state index contributed by atoms with van der Waals surface area (Å²) in [7, 11) is 0. The lowest BCUT2D eigenvalue weighted by molar-refractivity contribution is 0.0674. The number of carbonyl (C=O) groups excluding carboxylic acids is 1. The molecule has 3 aromatic rings. The first kappa shape index (κ1) is 16.3. The number of benzene rings is 2. The van der Waals surface area contributed by atoms with Crippen molar-refractivity contribution in [3.8, 4) is 5.75 Å². The van der Waals surface area contributed by atoms with Gasteiger partial charge >= 0.3 is 0 Å². The number of ether oxygens (including phenoxy) is 1. The van der Waals surface area contributed by atoms with Crippen molar-refractivity contribution in [3.05, 3.63) is 59.5 Å². The number of carbonyl (C=O) groups is 1. The Hall–Kier alpha value is -2.86. The number of nitrogens with one attached hydrogen (secondary N) is 1. The molecule has 5 rings (SSSR count). The van der Waals surface area contributed by atoms with E-state index in [2.05, 4.69) is 10.3 Å². The molecule has 0 bridgehead atoms. The molecule has 0 spiro atoms. The Morgan fingerprint density at radius 3 is 3.15 bits per heavy atom. The summed E-state index contributed by atoms with van der Waals surface area (Å²) >= 11 is 0. The van der Waals surface area contributed by atoms with Crippen LogP contribution >= 0.6 is 0 Å². The molecule has 3 heterocycles. The van der Waals surface area contributed by atoms with Crippen LogP contribution in [0.5, 0.6) is 5.75 Å².